The molecule has 198 valence electrons. The quantitative estimate of drug-likeness (QED) is 0.201. The summed E-state index contributed by atoms with van der Waals surface area (Å²) in [5, 5.41) is 37.7. The Labute approximate surface area is 217 Å². The highest BCUT2D eigenvalue weighted by Crippen LogP contribution is 2.22. The molecule has 0 radical (unpaired) electrons. The van der Waals surface area contributed by atoms with Crippen LogP contribution in [0.15, 0.2) is 73.2 Å². The van der Waals surface area contributed by atoms with Gasteiger partial charge in [0.25, 0.3) is 11.8 Å². The zero-order valence-electron chi connectivity index (χ0n) is 20.9. The molecule has 9 nitrogen and oxygen atoms in total. The summed E-state index contributed by atoms with van der Waals surface area (Å²) >= 11 is 5.08. The topological polar surface area (TPSA) is 128 Å². The molecule has 3 unspecified atom stereocenters. The van der Waals surface area contributed by atoms with Gasteiger partial charge in [0.05, 0.1) is 18.3 Å². The van der Waals surface area contributed by atoms with Gasteiger partial charge in [-0.15, -0.1) is 6.58 Å². The van der Waals surface area contributed by atoms with Crippen LogP contribution in [0, 0.1) is 0 Å². The molecule has 36 heavy (non-hydrogen) atoms. The monoisotopic (exact) mass is 520 g/mol. The number of nitrogens with one attached hydrogen (secondary N) is 1. The molecule has 0 spiro atoms. The lowest BCUT2D eigenvalue weighted by Gasteiger charge is -2.28. The first-order valence-electron chi connectivity index (χ1n) is 11.5. The van der Waals surface area contributed by atoms with E-state index in [0.717, 1.165) is 12.8 Å². The Morgan fingerprint density at radius 2 is 1.94 bits per heavy atom. The number of halogens is 1. The molecular weight excluding hydrogens is 484 g/mol. The van der Waals surface area contributed by atoms with E-state index in [1.165, 1.54) is 11.0 Å². The summed E-state index contributed by atoms with van der Waals surface area (Å²) in [4.78, 5) is 26.5. The Bertz CT molecular complexity index is 983. The summed E-state index contributed by atoms with van der Waals surface area (Å²) in [7, 11) is 0. The molecule has 4 atom stereocenters. The Morgan fingerprint density at radius 3 is 2.50 bits per heavy atom. The van der Waals surface area contributed by atoms with Crippen molar-refractivity contribution in [3.05, 3.63) is 78.9 Å². The summed E-state index contributed by atoms with van der Waals surface area (Å²) in [5.74, 6) is -1.64. The highest BCUT2D eigenvalue weighted by molar-refractivity contribution is 6.28. The van der Waals surface area contributed by atoms with Crippen LogP contribution in [-0.2, 0) is 16.1 Å². The fourth-order valence-corrected chi connectivity index (χ4v) is 3.64. The second-order valence-corrected chi connectivity index (χ2v) is 9.11. The first kappa shape index (κ1) is 30.9. The molecule has 1 aliphatic rings. The van der Waals surface area contributed by atoms with Crippen molar-refractivity contribution in [1.29, 1.82) is 0 Å². The van der Waals surface area contributed by atoms with Gasteiger partial charge < -0.3 is 25.5 Å². The molecule has 2 rings (SSSR count). The van der Waals surface area contributed by atoms with Crippen molar-refractivity contribution >= 4 is 23.4 Å². The number of carbonyl (C=O) groups excluding carboxylic acids is 2. The van der Waals surface area contributed by atoms with E-state index in [1.807, 2.05) is 0 Å². The van der Waals surface area contributed by atoms with Crippen LogP contribution in [0.4, 0.5) is 0 Å². The van der Waals surface area contributed by atoms with E-state index in [2.05, 4.69) is 36.7 Å². The minimum Gasteiger partial charge on any atom is -0.508 e. The summed E-state index contributed by atoms with van der Waals surface area (Å²) in [6.07, 6.45) is 4.94. The molecular formula is C26H37ClN4O5. The summed E-state index contributed by atoms with van der Waals surface area (Å²) in [6.45, 7) is 18.2. The molecule has 1 aromatic rings. The Balaban J connectivity index is 0.00000150. The molecule has 1 aliphatic heterocycles. The van der Waals surface area contributed by atoms with Gasteiger partial charge in [-0.25, -0.2) is 0 Å². The number of aromatic nitrogens is 2. The first-order valence-corrected chi connectivity index (χ1v) is 11.9. The van der Waals surface area contributed by atoms with Crippen molar-refractivity contribution in [3.8, 4) is 0 Å². The van der Waals surface area contributed by atoms with E-state index < -0.39 is 30.1 Å². The van der Waals surface area contributed by atoms with Gasteiger partial charge in [0.1, 0.15) is 5.76 Å². The van der Waals surface area contributed by atoms with Crippen LogP contribution in [0.2, 0.25) is 0 Å². The molecule has 1 aromatic heterocycles. The lowest BCUT2D eigenvalue weighted by atomic mass is 10.1. The number of hydrogen-bond donors (Lipinski definition) is 4. The predicted molar refractivity (Wildman–Crippen MR) is 141 cm³/mol. The lowest BCUT2D eigenvalue weighted by Crippen LogP contribution is -2.52. The molecule has 1 fully saturated rings. The van der Waals surface area contributed by atoms with Gasteiger partial charge in [-0.05, 0) is 39.2 Å². The number of hydrogen-bond acceptors (Lipinski definition) is 6. The smallest absolute Gasteiger partial charge is 0.254 e. The minimum absolute atomic E-state index is 0.0807. The molecule has 4 N–H and O–H groups in total. The van der Waals surface area contributed by atoms with Crippen molar-refractivity contribution in [3.63, 3.8) is 0 Å². The molecule has 0 saturated carbocycles. The maximum atomic E-state index is 12.6. The van der Waals surface area contributed by atoms with Crippen molar-refractivity contribution in [2.75, 3.05) is 6.54 Å². The Hall–Kier alpha value is -3.14. The van der Waals surface area contributed by atoms with Crippen LogP contribution in [0.5, 0.6) is 0 Å². The number of likely N-dealkylation sites (tertiary alicyclic amines) is 1. The third kappa shape index (κ3) is 9.49. The Kier molecular flexibility index (Phi) is 12.9. The first-order chi connectivity index (χ1) is 16.9. The normalized spacial score (nSPS) is 17.8. The SMILES string of the molecule is C=C(C)Cl.C=C/C=C(/Cn1ccc(C(C)NC(=O)C(O)C(O)C(=O)N2CCC[C@@H]2CC=C)n1)C(=C)O. The number of allylic oxidation sites excluding steroid dienone is 4. The molecule has 0 aromatic carbocycles. The van der Waals surface area contributed by atoms with E-state index in [-0.39, 0.29) is 18.3 Å². The van der Waals surface area contributed by atoms with E-state index in [9.17, 15) is 24.9 Å². The van der Waals surface area contributed by atoms with Crippen LogP contribution < -0.4 is 5.32 Å². The number of rotatable bonds is 11. The van der Waals surface area contributed by atoms with Crippen molar-refractivity contribution < 1.29 is 24.9 Å². The maximum Gasteiger partial charge on any atom is 0.254 e. The highest BCUT2D eigenvalue weighted by Gasteiger charge is 2.37. The fraction of sp³-hybridized carbons (Fsp3) is 0.423. The molecule has 2 heterocycles. The number of aliphatic hydroxyl groups is 3. The Morgan fingerprint density at radius 1 is 1.31 bits per heavy atom. The predicted octanol–water partition coefficient (Wildman–Crippen LogP) is 3.29. The van der Waals surface area contributed by atoms with E-state index in [1.54, 1.807) is 42.9 Å². The van der Waals surface area contributed by atoms with E-state index in [4.69, 9.17) is 11.6 Å². The van der Waals surface area contributed by atoms with Crippen LogP contribution in [0.3, 0.4) is 0 Å². The molecule has 0 aliphatic carbocycles. The highest BCUT2D eigenvalue weighted by atomic mass is 35.5. The van der Waals surface area contributed by atoms with Crippen molar-refractivity contribution in [2.45, 2.75) is 63.9 Å². The minimum atomic E-state index is -1.91. The van der Waals surface area contributed by atoms with Crippen LogP contribution in [-0.4, -0.2) is 66.6 Å². The number of aliphatic hydroxyl groups excluding tert-OH is 3. The lowest BCUT2D eigenvalue weighted by molar-refractivity contribution is -0.154. The van der Waals surface area contributed by atoms with Gasteiger partial charge in [-0.1, -0.05) is 49.6 Å². The third-order valence-electron chi connectivity index (χ3n) is 5.41. The number of amides is 2. The number of nitrogens with zero attached hydrogens (tertiary/aromatic N) is 3. The molecule has 1 saturated heterocycles. The average Bonchev–Trinajstić information content (AvgIpc) is 3.47. The van der Waals surface area contributed by atoms with Crippen LogP contribution in [0.1, 0.15) is 44.8 Å². The van der Waals surface area contributed by atoms with E-state index in [0.29, 0.717) is 29.3 Å². The largest absolute Gasteiger partial charge is 0.508 e. The van der Waals surface area contributed by atoms with Gasteiger partial charge in [-0.3, -0.25) is 14.3 Å². The second kappa shape index (κ2) is 15.1. The maximum absolute atomic E-state index is 12.6. The average molecular weight is 521 g/mol. The third-order valence-corrected chi connectivity index (χ3v) is 5.41. The summed E-state index contributed by atoms with van der Waals surface area (Å²) < 4.78 is 1.55. The van der Waals surface area contributed by atoms with Gasteiger partial charge in [0.2, 0.25) is 0 Å². The second-order valence-electron chi connectivity index (χ2n) is 8.46. The summed E-state index contributed by atoms with van der Waals surface area (Å²) in [5.41, 5.74) is 1.03. The molecule has 2 amide bonds. The molecule has 0 bridgehead atoms. The zero-order chi connectivity index (χ0) is 27.4. The van der Waals surface area contributed by atoms with E-state index >= 15 is 0 Å². The standard InChI is InChI=1S/C23H32N4O5.C3H5Cl/c1-5-8-17(16(4)28)14-26-13-11-19(25-26)15(3)24-22(31)20(29)21(30)23(32)27-12-7-10-18(27)9-6-2;1-3(2)4/h5-6,8,11,13,15,18,20-21,28-30H,1-2,4,7,9-10,12,14H2,3H3,(H,24,31);1H2,2H3/b17-8-;/t15?,18-,20?,21?;/m0./s1. The van der Waals surface area contributed by atoms with Gasteiger partial charge in [0.15, 0.2) is 12.2 Å². The number of carbonyl (C=O) groups is 2. The van der Waals surface area contributed by atoms with Crippen molar-refractivity contribution in [2.24, 2.45) is 0 Å². The van der Waals surface area contributed by atoms with Gasteiger partial charge in [-0.2, -0.15) is 5.10 Å². The van der Waals surface area contributed by atoms with Gasteiger partial charge in [0, 0.05) is 29.4 Å². The zero-order valence-corrected chi connectivity index (χ0v) is 21.7. The van der Waals surface area contributed by atoms with Crippen LogP contribution in [0.25, 0.3) is 0 Å². The fourth-order valence-electron chi connectivity index (χ4n) is 3.64. The van der Waals surface area contributed by atoms with Gasteiger partial charge >= 0.3 is 0 Å². The van der Waals surface area contributed by atoms with Crippen LogP contribution >= 0.6 is 11.6 Å². The summed E-state index contributed by atoms with van der Waals surface area (Å²) in [6, 6.07) is 1.00. The molecule has 10 heteroatoms. The van der Waals surface area contributed by atoms with Crippen molar-refractivity contribution in [1.82, 2.24) is 20.0 Å².